The van der Waals surface area contributed by atoms with Crippen LogP contribution in [0.3, 0.4) is 0 Å². The molecule has 2 aromatic heterocycles. The summed E-state index contributed by atoms with van der Waals surface area (Å²) >= 11 is 4.83. The molecule has 0 saturated heterocycles. The average molecular weight is 388 g/mol. The van der Waals surface area contributed by atoms with Crippen LogP contribution in [0, 0.1) is 0 Å². The number of carboxylic acid groups (broad SMARTS) is 1. The molecule has 1 unspecified atom stereocenters. The maximum Gasteiger partial charge on any atom is 0.326 e. The zero-order chi connectivity index (χ0) is 16.3. The third kappa shape index (κ3) is 3.92. The first kappa shape index (κ1) is 16.6. The number of carboxylic acids is 1. The third-order valence-electron chi connectivity index (χ3n) is 3.14. The molecule has 0 aliphatic heterocycles. The van der Waals surface area contributed by atoms with Gasteiger partial charge in [0.2, 0.25) is 17.6 Å². The van der Waals surface area contributed by atoms with E-state index in [1.807, 2.05) is 11.4 Å². The fourth-order valence-corrected chi connectivity index (χ4v) is 3.01. The van der Waals surface area contributed by atoms with Crippen molar-refractivity contribution in [3.63, 3.8) is 0 Å². The number of likely N-dealkylation sites (N-methyl/N-ethyl adjacent to an activating group) is 1. The smallest absolute Gasteiger partial charge is 0.326 e. The Morgan fingerprint density at radius 1 is 1.55 bits per heavy atom. The molecule has 22 heavy (non-hydrogen) atoms. The molecule has 1 N–H and O–H groups in total. The van der Waals surface area contributed by atoms with E-state index in [0.717, 1.165) is 9.35 Å². The molecule has 0 aliphatic rings. The summed E-state index contributed by atoms with van der Waals surface area (Å²) in [6, 6.07) is 1.02. The van der Waals surface area contributed by atoms with Crippen LogP contribution in [0.2, 0.25) is 0 Å². The van der Waals surface area contributed by atoms with Crippen LogP contribution >= 0.6 is 27.3 Å². The van der Waals surface area contributed by atoms with Gasteiger partial charge < -0.3 is 14.5 Å². The number of aromatic nitrogens is 2. The summed E-state index contributed by atoms with van der Waals surface area (Å²) in [6.07, 6.45) is 0.388. The Labute approximate surface area is 139 Å². The fraction of sp³-hybridized carbons (Fsp3) is 0.385. The number of halogens is 1. The molecule has 0 fully saturated rings. The number of aryl methyl sites for hydroxylation is 1. The lowest BCUT2D eigenvalue weighted by Crippen LogP contribution is -2.40. The van der Waals surface area contributed by atoms with E-state index in [1.165, 1.54) is 30.2 Å². The van der Waals surface area contributed by atoms with Crippen LogP contribution in [0.1, 0.15) is 19.2 Å². The number of hydrogen-bond donors (Lipinski definition) is 1. The minimum absolute atomic E-state index is 0.115. The molecular weight excluding hydrogens is 374 g/mol. The number of nitrogens with zero attached hydrogens (tertiary/aromatic N) is 3. The third-order valence-corrected chi connectivity index (χ3v) is 4.83. The van der Waals surface area contributed by atoms with E-state index in [4.69, 9.17) is 9.63 Å². The Kier molecular flexibility index (Phi) is 5.30. The lowest BCUT2D eigenvalue weighted by molar-refractivity contribution is -0.148. The molecule has 2 heterocycles. The predicted octanol–water partition coefficient (Wildman–Crippen LogP) is 2.42. The molecule has 7 nitrogen and oxygen atoms in total. The standard InChI is InChI=1S/C13H14BrN3O4S/c1-7(13(19)20)17(2)11(18)4-3-10-15-12(16-21-10)9-5-8(14)6-22-9/h5-7H,3-4H2,1-2H3,(H,19,20). The molecule has 1 amide bonds. The van der Waals surface area contributed by atoms with Crippen molar-refractivity contribution in [2.45, 2.75) is 25.8 Å². The van der Waals surface area contributed by atoms with Crippen LogP contribution < -0.4 is 0 Å². The minimum atomic E-state index is -1.04. The Balaban J connectivity index is 1.94. The van der Waals surface area contributed by atoms with Gasteiger partial charge in [-0.2, -0.15) is 4.98 Å². The number of carbonyl (C=O) groups is 2. The number of aliphatic carboxylic acids is 1. The van der Waals surface area contributed by atoms with Gasteiger partial charge in [0, 0.05) is 29.7 Å². The highest BCUT2D eigenvalue weighted by atomic mass is 79.9. The second-order valence-electron chi connectivity index (χ2n) is 4.66. The van der Waals surface area contributed by atoms with Gasteiger partial charge in [0.05, 0.1) is 4.88 Å². The second-order valence-corrected chi connectivity index (χ2v) is 6.49. The summed E-state index contributed by atoms with van der Waals surface area (Å²) in [4.78, 5) is 29.0. The SMILES string of the molecule is CC(C(=O)O)N(C)C(=O)CCc1nc(-c2cc(Br)cs2)no1. The van der Waals surface area contributed by atoms with Crippen molar-refractivity contribution < 1.29 is 19.2 Å². The summed E-state index contributed by atoms with van der Waals surface area (Å²) in [5, 5.41) is 14.7. The molecule has 1 atom stereocenters. The van der Waals surface area contributed by atoms with Crippen molar-refractivity contribution in [3.8, 4) is 10.7 Å². The van der Waals surface area contributed by atoms with Crippen LogP contribution in [0.25, 0.3) is 10.7 Å². The van der Waals surface area contributed by atoms with Crippen LogP contribution in [-0.4, -0.2) is 45.1 Å². The summed E-state index contributed by atoms with van der Waals surface area (Å²) < 4.78 is 6.05. The van der Waals surface area contributed by atoms with Gasteiger partial charge >= 0.3 is 5.97 Å². The molecule has 0 aliphatic carbocycles. The highest BCUT2D eigenvalue weighted by Crippen LogP contribution is 2.27. The molecule has 0 spiro atoms. The topological polar surface area (TPSA) is 96.5 Å². The van der Waals surface area contributed by atoms with Crippen molar-refractivity contribution in [2.24, 2.45) is 0 Å². The highest BCUT2D eigenvalue weighted by molar-refractivity contribution is 9.10. The van der Waals surface area contributed by atoms with Gasteiger partial charge in [-0.3, -0.25) is 4.79 Å². The number of rotatable bonds is 6. The quantitative estimate of drug-likeness (QED) is 0.817. The van der Waals surface area contributed by atoms with Crippen molar-refractivity contribution in [1.82, 2.24) is 15.0 Å². The largest absolute Gasteiger partial charge is 0.480 e. The summed E-state index contributed by atoms with van der Waals surface area (Å²) in [5.74, 6) is -0.498. The second kappa shape index (κ2) is 7.01. The van der Waals surface area contributed by atoms with E-state index in [0.29, 0.717) is 11.7 Å². The van der Waals surface area contributed by atoms with Gasteiger partial charge in [-0.25, -0.2) is 4.79 Å². The van der Waals surface area contributed by atoms with E-state index >= 15 is 0 Å². The summed E-state index contributed by atoms with van der Waals surface area (Å²) in [6.45, 7) is 1.46. The number of carbonyl (C=O) groups excluding carboxylic acids is 1. The normalized spacial score (nSPS) is 12.1. The molecule has 0 saturated carbocycles. The van der Waals surface area contributed by atoms with Crippen LogP contribution in [-0.2, 0) is 16.0 Å². The van der Waals surface area contributed by atoms with E-state index in [-0.39, 0.29) is 18.7 Å². The van der Waals surface area contributed by atoms with Gasteiger partial charge in [0.15, 0.2) is 0 Å². The number of hydrogen-bond acceptors (Lipinski definition) is 6. The Morgan fingerprint density at radius 3 is 2.86 bits per heavy atom. The molecule has 0 radical (unpaired) electrons. The van der Waals surface area contributed by atoms with Gasteiger partial charge in [-0.1, -0.05) is 5.16 Å². The van der Waals surface area contributed by atoms with Gasteiger partial charge in [-0.15, -0.1) is 11.3 Å². The number of amides is 1. The van der Waals surface area contributed by atoms with Crippen LogP contribution in [0.5, 0.6) is 0 Å². The molecular formula is C13H14BrN3O4S. The maximum absolute atomic E-state index is 11.9. The predicted molar refractivity (Wildman–Crippen MR) is 83.5 cm³/mol. The highest BCUT2D eigenvalue weighted by Gasteiger charge is 2.22. The van der Waals surface area contributed by atoms with E-state index < -0.39 is 12.0 Å². The first-order chi connectivity index (χ1) is 10.4. The van der Waals surface area contributed by atoms with E-state index in [1.54, 1.807) is 0 Å². The average Bonchev–Trinajstić information content (AvgIpc) is 3.11. The van der Waals surface area contributed by atoms with Gasteiger partial charge in [0.25, 0.3) is 0 Å². The molecule has 2 aromatic rings. The molecule has 118 valence electrons. The monoisotopic (exact) mass is 387 g/mol. The van der Waals surface area contributed by atoms with Crippen molar-refractivity contribution in [3.05, 3.63) is 21.8 Å². The summed E-state index contributed by atoms with van der Waals surface area (Å²) in [7, 11) is 1.46. The van der Waals surface area contributed by atoms with Crippen molar-refractivity contribution >= 4 is 39.1 Å². The van der Waals surface area contributed by atoms with Crippen LogP contribution in [0.4, 0.5) is 0 Å². The molecule has 2 rings (SSSR count). The maximum atomic E-state index is 11.9. The Bertz CT molecular complexity index is 684. The van der Waals surface area contributed by atoms with Crippen molar-refractivity contribution in [2.75, 3.05) is 7.05 Å². The Hall–Kier alpha value is -1.74. The zero-order valence-electron chi connectivity index (χ0n) is 11.9. The van der Waals surface area contributed by atoms with E-state index in [9.17, 15) is 9.59 Å². The molecule has 0 bridgehead atoms. The number of thiophene rings is 1. The Morgan fingerprint density at radius 2 is 2.27 bits per heavy atom. The lowest BCUT2D eigenvalue weighted by Gasteiger charge is -2.20. The lowest BCUT2D eigenvalue weighted by atomic mass is 10.2. The van der Waals surface area contributed by atoms with Gasteiger partial charge in [-0.05, 0) is 28.9 Å². The molecule has 9 heteroatoms. The van der Waals surface area contributed by atoms with Crippen LogP contribution in [0.15, 0.2) is 20.4 Å². The first-order valence-electron chi connectivity index (χ1n) is 6.44. The molecule has 0 aromatic carbocycles. The minimum Gasteiger partial charge on any atom is -0.480 e. The first-order valence-corrected chi connectivity index (χ1v) is 8.11. The van der Waals surface area contributed by atoms with Crippen molar-refractivity contribution in [1.29, 1.82) is 0 Å². The zero-order valence-corrected chi connectivity index (χ0v) is 14.3. The van der Waals surface area contributed by atoms with E-state index in [2.05, 4.69) is 26.1 Å². The van der Waals surface area contributed by atoms with Gasteiger partial charge in [0.1, 0.15) is 6.04 Å². The summed E-state index contributed by atoms with van der Waals surface area (Å²) in [5.41, 5.74) is 0. The fourth-order valence-electron chi connectivity index (χ4n) is 1.66.